The molecule has 1 heteroatoms. The van der Waals surface area contributed by atoms with Crippen molar-refractivity contribution in [1.82, 2.24) is 4.90 Å². The Morgan fingerprint density at radius 1 is 0.867 bits per heavy atom. The third-order valence-electron chi connectivity index (χ3n) is 2.32. The van der Waals surface area contributed by atoms with Gasteiger partial charge in [-0.05, 0) is 38.4 Å². The van der Waals surface area contributed by atoms with Crippen LogP contribution in [0.15, 0.2) is 0 Å². The van der Waals surface area contributed by atoms with Gasteiger partial charge in [-0.1, -0.05) is 54.4 Å². The second-order valence-corrected chi connectivity index (χ2v) is 4.53. The molecule has 1 rings (SSSR count). The molecule has 1 nitrogen and oxygen atoms in total. The van der Waals surface area contributed by atoms with Crippen LogP contribution in [0.2, 0.25) is 0 Å². The van der Waals surface area contributed by atoms with Crippen molar-refractivity contribution in [3.63, 3.8) is 0 Å². The average molecular weight is 215 g/mol. The third kappa shape index (κ3) is 14.0. The van der Waals surface area contributed by atoms with E-state index >= 15 is 0 Å². The Hall–Kier alpha value is -0.0400. The van der Waals surface area contributed by atoms with E-state index in [1.807, 2.05) is 0 Å². The van der Waals surface area contributed by atoms with Crippen LogP contribution in [0.3, 0.4) is 0 Å². The highest BCUT2D eigenvalue weighted by atomic mass is 15.1. The van der Waals surface area contributed by atoms with Gasteiger partial charge in [-0.15, -0.1) is 0 Å². The summed E-state index contributed by atoms with van der Waals surface area (Å²) < 4.78 is 0. The SMILES string of the molecule is CCC.CCC.CCN1CCC(C)CC1. The van der Waals surface area contributed by atoms with Crippen LogP contribution < -0.4 is 0 Å². The summed E-state index contributed by atoms with van der Waals surface area (Å²) in [6, 6.07) is 0. The van der Waals surface area contributed by atoms with E-state index in [1.54, 1.807) is 0 Å². The summed E-state index contributed by atoms with van der Waals surface area (Å²) in [5.74, 6) is 0.979. The van der Waals surface area contributed by atoms with Gasteiger partial charge in [0.05, 0.1) is 0 Å². The molecule has 94 valence electrons. The highest BCUT2D eigenvalue weighted by Crippen LogP contribution is 2.14. The molecule has 0 spiro atoms. The number of rotatable bonds is 1. The molecule has 1 aliphatic rings. The first-order chi connectivity index (χ1) is 7.15. The lowest BCUT2D eigenvalue weighted by molar-refractivity contribution is 0.201. The van der Waals surface area contributed by atoms with Crippen molar-refractivity contribution in [2.24, 2.45) is 5.92 Å². The van der Waals surface area contributed by atoms with Crippen LogP contribution >= 0.6 is 0 Å². The standard InChI is InChI=1S/C8H17N.2C3H8/c1-3-9-6-4-8(2)5-7-9;2*1-3-2/h8H,3-7H2,1-2H3;2*3H2,1-2H3. The molecule has 1 heterocycles. The molecule has 0 aliphatic carbocycles. The van der Waals surface area contributed by atoms with E-state index in [1.165, 1.54) is 45.3 Å². The van der Waals surface area contributed by atoms with E-state index in [0.29, 0.717) is 0 Å². The number of nitrogens with zero attached hydrogens (tertiary/aromatic N) is 1. The molecular formula is C14H33N. The molecule has 15 heavy (non-hydrogen) atoms. The zero-order valence-electron chi connectivity index (χ0n) is 12.0. The van der Waals surface area contributed by atoms with Gasteiger partial charge in [0.1, 0.15) is 0 Å². The van der Waals surface area contributed by atoms with E-state index in [4.69, 9.17) is 0 Å². The molecule has 0 aromatic rings. The molecule has 0 atom stereocenters. The van der Waals surface area contributed by atoms with E-state index in [2.05, 4.69) is 46.4 Å². The average Bonchev–Trinajstić information content (AvgIpc) is 2.21. The largest absolute Gasteiger partial charge is 0.304 e. The molecule has 1 fully saturated rings. The van der Waals surface area contributed by atoms with Crippen LogP contribution in [-0.2, 0) is 0 Å². The van der Waals surface area contributed by atoms with Gasteiger partial charge in [-0.25, -0.2) is 0 Å². The van der Waals surface area contributed by atoms with Crippen molar-refractivity contribution >= 4 is 0 Å². The lowest BCUT2D eigenvalue weighted by Crippen LogP contribution is -2.32. The highest BCUT2D eigenvalue weighted by molar-refractivity contribution is 4.67. The van der Waals surface area contributed by atoms with Crippen molar-refractivity contribution < 1.29 is 0 Å². The number of piperidine rings is 1. The highest BCUT2D eigenvalue weighted by Gasteiger charge is 2.12. The molecule has 0 bridgehead atoms. The molecule has 0 radical (unpaired) electrons. The fraction of sp³-hybridized carbons (Fsp3) is 1.00. The van der Waals surface area contributed by atoms with Crippen molar-refractivity contribution in [3.05, 3.63) is 0 Å². The van der Waals surface area contributed by atoms with Crippen molar-refractivity contribution in [3.8, 4) is 0 Å². The molecular weight excluding hydrogens is 182 g/mol. The van der Waals surface area contributed by atoms with Crippen LogP contribution in [0, 0.1) is 5.92 Å². The summed E-state index contributed by atoms with van der Waals surface area (Å²) in [6.07, 6.45) is 5.32. The molecule has 0 unspecified atom stereocenters. The van der Waals surface area contributed by atoms with Gasteiger partial charge < -0.3 is 4.90 Å². The Kier molecular flexibility index (Phi) is 16.2. The van der Waals surface area contributed by atoms with Crippen molar-refractivity contribution in [2.75, 3.05) is 19.6 Å². The van der Waals surface area contributed by atoms with Crippen LogP contribution in [0.5, 0.6) is 0 Å². The maximum absolute atomic E-state index is 2.53. The summed E-state index contributed by atoms with van der Waals surface area (Å²) in [4.78, 5) is 2.53. The Morgan fingerprint density at radius 2 is 1.20 bits per heavy atom. The van der Waals surface area contributed by atoms with Gasteiger partial charge in [0.2, 0.25) is 0 Å². The number of hydrogen-bond donors (Lipinski definition) is 0. The predicted molar refractivity (Wildman–Crippen MR) is 72.4 cm³/mol. The molecule has 0 N–H and O–H groups in total. The monoisotopic (exact) mass is 215 g/mol. The summed E-state index contributed by atoms with van der Waals surface area (Å²) in [7, 11) is 0. The van der Waals surface area contributed by atoms with E-state index < -0.39 is 0 Å². The summed E-state index contributed by atoms with van der Waals surface area (Å²) in [5, 5.41) is 0. The van der Waals surface area contributed by atoms with Gasteiger partial charge >= 0.3 is 0 Å². The molecule has 0 amide bonds. The first-order valence-electron chi connectivity index (χ1n) is 6.88. The fourth-order valence-electron chi connectivity index (χ4n) is 1.38. The molecule has 0 saturated carbocycles. The van der Waals surface area contributed by atoms with Gasteiger partial charge in [0.25, 0.3) is 0 Å². The van der Waals surface area contributed by atoms with Crippen LogP contribution in [0.1, 0.15) is 67.2 Å². The second kappa shape index (κ2) is 14.0. The summed E-state index contributed by atoms with van der Waals surface area (Å²) >= 11 is 0. The third-order valence-corrected chi connectivity index (χ3v) is 2.32. The first kappa shape index (κ1) is 17.4. The van der Waals surface area contributed by atoms with Gasteiger partial charge in [0.15, 0.2) is 0 Å². The van der Waals surface area contributed by atoms with Gasteiger partial charge in [-0.2, -0.15) is 0 Å². The first-order valence-corrected chi connectivity index (χ1v) is 6.88. The maximum Gasteiger partial charge on any atom is -0.00163 e. The van der Waals surface area contributed by atoms with Crippen LogP contribution in [0.4, 0.5) is 0 Å². The zero-order valence-corrected chi connectivity index (χ0v) is 12.0. The fourth-order valence-corrected chi connectivity index (χ4v) is 1.38. The van der Waals surface area contributed by atoms with E-state index in [0.717, 1.165) is 5.92 Å². The van der Waals surface area contributed by atoms with Gasteiger partial charge in [0, 0.05) is 0 Å². The normalized spacial score (nSPS) is 17.2. The Morgan fingerprint density at radius 3 is 1.47 bits per heavy atom. The minimum atomic E-state index is 0.979. The Labute approximate surface area is 98.2 Å². The minimum absolute atomic E-state index is 0.979. The lowest BCUT2D eigenvalue weighted by Gasteiger charge is -2.28. The van der Waals surface area contributed by atoms with Crippen LogP contribution in [-0.4, -0.2) is 24.5 Å². The predicted octanol–water partition coefficient (Wildman–Crippen LogP) is 4.57. The van der Waals surface area contributed by atoms with Crippen LogP contribution in [0.25, 0.3) is 0 Å². The quantitative estimate of drug-likeness (QED) is 0.619. The zero-order chi connectivity index (χ0) is 12.1. The Balaban J connectivity index is 0. The molecule has 0 aromatic heterocycles. The Bertz CT molecular complexity index is 91.5. The van der Waals surface area contributed by atoms with Crippen molar-refractivity contribution in [2.45, 2.75) is 67.2 Å². The lowest BCUT2D eigenvalue weighted by atomic mass is 9.99. The molecule has 1 saturated heterocycles. The molecule has 0 aromatic carbocycles. The molecule has 1 aliphatic heterocycles. The smallest absolute Gasteiger partial charge is 0.00163 e. The van der Waals surface area contributed by atoms with E-state index in [-0.39, 0.29) is 0 Å². The number of likely N-dealkylation sites (tertiary alicyclic amines) is 1. The van der Waals surface area contributed by atoms with Crippen molar-refractivity contribution in [1.29, 1.82) is 0 Å². The summed E-state index contributed by atoms with van der Waals surface area (Å²) in [5.41, 5.74) is 0. The van der Waals surface area contributed by atoms with E-state index in [9.17, 15) is 0 Å². The van der Waals surface area contributed by atoms with Gasteiger partial charge in [-0.3, -0.25) is 0 Å². The maximum atomic E-state index is 2.53. The minimum Gasteiger partial charge on any atom is -0.304 e. The topological polar surface area (TPSA) is 3.24 Å². The summed E-state index contributed by atoms with van der Waals surface area (Å²) in [6.45, 7) is 17.0. The number of hydrogen-bond acceptors (Lipinski definition) is 1. The second-order valence-electron chi connectivity index (χ2n) is 4.53.